The van der Waals surface area contributed by atoms with Gasteiger partial charge < -0.3 is 15.4 Å². The highest BCUT2D eigenvalue weighted by Gasteiger charge is 2.05. The minimum absolute atomic E-state index is 0. The van der Waals surface area contributed by atoms with Crippen LogP contribution in [-0.2, 0) is 9.53 Å². The van der Waals surface area contributed by atoms with Gasteiger partial charge in [0.2, 0.25) is 0 Å². The number of hydrogen-bond donors (Lipinski definition) is 2. The van der Waals surface area contributed by atoms with Crippen LogP contribution in [0.4, 0.5) is 0 Å². The molecule has 0 amide bonds. The van der Waals surface area contributed by atoms with E-state index in [0.29, 0.717) is 19.0 Å². The number of halogens is 1. The van der Waals surface area contributed by atoms with Crippen LogP contribution < -0.4 is 10.6 Å². The molecule has 0 rings (SSSR count). The van der Waals surface area contributed by atoms with E-state index in [9.17, 15) is 4.79 Å². The van der Waals surface area contributed by atoms with Crippen LogP contribution in [0, 0.1) is 0 Å². The summed E-state index contributed by atoms with van der Waals surface area (Å²) in [5.41, 5.74) is 0. The van der Waals surface area contributed by atoms with Gasteiger partial charge in [0.05, 0.1) is 13.5 Å². The first-order valence-electron chi connectivity index (χ1n) is 7.18. The summed E-state index contributed by atoms with van der Waals surface area (Å²) in [5.74, 6) is 0.530. The maximum absolute atomic E-state index is 11.0. The molecule has 0 saturated heterocycles. The minimum Gasteiger partial charge on any atom is -0.469 e. The van der Waals surface area contributed by atoms with Crippen molar-refractivity contribution in [2.45, 2.75) is 58.4 Å². The minimum atomic E-state index is -0.212. The van der Waals surface area contributed by atoms with E-state index < -0.39 is 0 Å². The van der Waals surface area contributed by atoms with E-state index in [4.69, 9.17) is 0 Å². The van der Waals surface area contributed by atoms with Crippen molar-refractivity contribution in [3.05, 3.63) is 0 Å². The van der Waals surface area contributed by atoms with Crippen molar-refractivity contribution in [1.82, 2.24) is 10.6 Å². The Kier molecular flexibility index (Phi) is 16.2. The van der Waals surface area contributed by atoms with Gasteiger partial charge in [0.15, 0.2) is 5.96 Å². The molecule has 120 valence electrons. The molecule has 0 bridgehead atoms. The average molecular weight is 399 g/mol. The lowest BCUT2D eigenvalue weighted by Gasteiger charge is -2.17. The van der Waals surface area contributed by atoms with Crippen molar-refractivity contribution in [1.29, 1.82) is 0 Å². The fourth-order valence-electron chi connectivity index (χ4n) is 1.76. The van der Waals surface area contributed by atoms with Crippen LogP contribution in [0.15, 0.2) is 4.99 Å². The van der Waals surface area contributed by atoms with Gasteiger partial charge in [-0.3, -0.25) is 9.79 Å². The van der Waals surface area contributed by atoms with Gasteiger partial charge in [-0.2, -0.15) is 0 Å². The lowest BCUT2D eigenvalue weighted by atomic mass is 10.1. The van der Waals surface area contributed by atoms with E-state index in [1.54, 1.807) is 7.05 Å². The monoisotopic (exact) mass is 399 g/mol. The maximum atomic E-state index is 11.0. The number of carbonyl (C=O) groups is 1. The molecule has 0 aromatic carbocycles. The first-order valence-corrected chi connectivity index (χ1v) is 7.18. The molecular formula is C14H30IN3O2. The van der Waals surface area contributed by atoms with Crippen LogP contribution in [0.1, 0.15) is 52.4 Å². The van der Waals surface area contributed by atoms with Gasteiger partial charge in [0.1, 0.15) is 0 Å². The predicted molar refractivity (Wildman–Crippen MR) is 94.8 cm³/mol. The second-order valence-corrected chi connectivity index (χ2v) is 4.72. The van der Waals surface area contributed by atoms with Crippen LogP contribution in [0.3, 0.4) is 0 Å². The smallest absolute Gasteiger partial charge is 0.307 e. The van der Waals surface area contributed by atoms with E-state index >= 15 is 0 Å². The lowest BCUT2D eigenvalue weighted by molar-refractivity contribution is -0.140. The molecule has 0 radical (unpaired) electrons. The number of hydrogen-bond acceptors (Lipinski definition) is 3. The standard InChI is InChI=1S/C14H29N3O2.HI/c1-5-6-7-8-9-12(2)17-14(15-3)16-11-10-13(18)19-4;/h12H,5-11H2,1-4H3,(H2,15,16,17);1H. The highest BCUT2D eigenvalue weighted by molar-refractivity contribution is 14.0. The highest BCUT2D eigenvalue weighted by Crippen LogP contribution is 2.04. The van der Waals surface area contributed by atoms with E-state index in [1.807, 2.05) is 0 Å². The Hall–Kier alpha value is -0.530. The third-order valence-corrected chi connectivity index (χ3v) is 2.95. The Morgan fingerprint density at radius 1 is 1.30 bits per heavy atom. The van der Waals surface area contributed by atoms with Gasteiger partial charge in [0.25, 0.3) is 0 Å². The Morgan fingerprint density at radius 3 is 2.55 bits per heavy atom. The summed E-state index contributed by atoms with van der Waals surface area (Å²) >= 11 is 0. The van der Waals surface area contributed by atoms with Crippen molar-refractivity contribution in [3.8, 4) is 0 Å². The summed E-state index contributed by atoms with van der Waals surface area (Å²) in [6.07, 6.45) is 6.58. The Morgan fingerprint density at radius 2 is 2.00 bits per heavy atom. The Labute approximate surface area is 140 Å². The largest absolute Gasteiger partial charge is 0.469 e. The zero-order valence-electron chi connectivity index (χ0n) is 13.2. The summed E-state index contributed by atoms with van der Waals surface area (Å²) in [4.78, 5) is 15.1. The molecule has 0 aliphatic carbocycles. The van der Waals surface area contributed by atoms with Gasteiger partial charge in [-0.25, -0.2) is 0 Å². The van der Waals surface area contributed by atoms with Crippen LogP contribution in [0.2, 0.25) is 0 Å². The molecule has 0 aromatic heterocycles. The van der Waals surface area contributed by atoms with E-state index in [0.717, 1.165) is 12.4 Å². The first kappa shape index (κ1) is 21.8. The molecule has 0 aliphatic heterocycles. The highest BCUT2D eigenvalue weighted by atomic mass is 127. The van der Waals surface area contributed by atoms with Crippen molar-refractivity contribution in [2.24, 2.45) is 4.99 Å². The molecule has 6 heteroatoms. The van der Waals surface area contributed by atoms with Crippen molar-refractivity contribution >= 4 is 35.9 Å². The second-order valence-electron chi connectivity index (χ2n) is 4.72. The van der Waals surface area contributed by atoms with Gasteiger partial charge >= 0.3 is 5.97 Å². The topological polar surface area (TPSA) is 62.7 Å². The summed E-state index contributed by atoms with van der Waals surface area (Å²) in [6.45, 7) is 4.91. The number of rotatable bonds is 9. The number of carbonyl (C=O) groups excluding carboxylic acids is 1. The predicted octanol–water partition coefficient (Wildman–Crippen LogP) is 2.69. The number of guanidine groups is 1. The van der Waals surface area contributed by atoms with Crippen molar-refractivity contribution in [3.63, 3.8) is 0 Å². The fourth-order valence-corrected chi connectivity index (χ4v) is 1.76. The average Bonchev–Trinajstić information content (AvgIpc) is 2.42. The number of unbranched alkanes of at least 4 members (excludes halogenated alkanes) is 3. The summed E-state index contributed by atoms with van der Waals surface area (Å²) in [5, 5.41) is 6.43. The maximum Gasteiger partial charge on any atom is 0.307 e. The molecular weight excluding hydrogens is 369 g/mol. The molecule has 0 spiro atoms. The first-order chi connectivity index (χ1) is 9.13. The van der Waals surface area contributed by atoms with Gasteiger partial charge in [-0.1, -0.05) is 32.6 Å². The molecule has 1 atom stereocenters. The van der Waals surface area contributed by atoms with Crippen LogP contribution >= 0.6 is 24.0 Å². The van der Waals surface area contributed by atoms with E-state index in [2.05, 4.69) is 34.2 Å². The Bertz CT molecular complexity index is 273. The van der Waals surface area contributed by atoms with E-state index in [1.165, 1.54) is 32.8 Å². The zero-order valence-corrected chi connectivity index (χ0v) is 15.5. The van der Waals surface area contributed by atoms with E-state index in [-0.39, 0.29) is 29.9 Å². The molecule has 0 aromatic rings. The number of nitrogens with one attached hydrogen (secondary N) is 2. The fraction of sp³-hybridized carbons (Fsp3) is 0.857. The Balaban J connectivity index is 0. The molecule has 0 aliphatic rings. The molecule has 0 fully saturated rings. The normalized spacial score (nSPS) is 12.3. The van der Waals surface area contributed by atoms with Gasteiger partial charge in [-0.15, -0.1) is 24.0 Å². The van der Waals surface area contributed by atoms with Crippen molar-refractivity contribution < 1.29 is 9.53 Å². The number of esters is 1. The molecule has 0 saturated carbocycles. The lowest BCUT2D eigenvalue weighted by Crippen LogP contribution is -2.42. The van der Waals surface area contributed by atoms with Crippen LogP contribution in [0.25, 0.3) is 0 Å². The second kappa shape index (κ2) is 14.9. The number of methoxy groups -OCH3 is 1. The molecule has 5 nitrogen and oxygen atoms in total. The van der Waals surface area contributed by atoms with Crippen LogP contribution in [-0.4, -0.2) is 38.7 Å². The van der Waals surface area contributed by atoms with Gasteiger partial charge in [0, 0.05) is 19.6 Å². The SMILES string of the molecule is CCCCCCC(C)NC(=NC)NCCC(=O)OC.I. The summed E-state index contributed by atoms with van der Waals surface area (Å²) < 4.78 is 4.58. The third-order valence-electron chi connectivity index (χ3n) is 2.95. The number of ether oxygens (including phenoxy) is 1. The number of aliphatic imine (C=N–C) groups is 1. The molecule has 2 N–H and O–H groups in total. The molecule has 0 heterocycles. The zero-order chi connectivity index (χ0) is 14.5. The third kappa shape index (κ3) is 12.5. The molecule has 20 heavy (non-hydrogen) atoms. The summed E-state index contributed by atoms with van der Waals surface area (Å²) in [7, 11) is 3.13. The number of nitrogens with zero attached hydrogens (tertiary/aromatic N) is 1. The van der Waals surface area contributed by atoms with Crippen molar-refractivity contribution in [2.75, 3.05) is 20.7 Å². The molecule has 1 unspecified atom stereocenters. The quantitative estimate of drug-likeness (QED) is 0.206. The van der Waals surface area contributed by atoms with Gasteiger partial charge in [-0.05, 0) is 13.3 Å². The summed E-state index contributed by atoms with van der Waals surface area (Å²) in [6, 6.07) is 0.390. The van der Waals surface area contributed by atoms with Crippen LogP contribution in [0.5, 0.6) is 0 Å².